The highest BCUT2D eigenvalue weighted by atomic mass is 19.1. The van der Waals surface area contributed by atoms with Crippen LogP contribution in [0.4, 0.5) is 8.78 Å². The third kappa shape index (κ3) is 2.29. The molecule has 0 saturated carbocycles. The molecule has 1 atom stereocenters. The molecule has 2 N–H and O–H groups in total. The molecule has 0 aliphatic carbocycles. The number of nitrogens with two attached hydrogens (primary N) is 1. The Labute approximate surface area is 82.9 Å². The van der Waals surface area contributed by atoms with Gasteiger partial charge in [-0.25, -0.2) is 8.78 Å². The van der Waals surface area contributed by atoms with Crippen LogP contribution in [-0.4, -0.2) is 6.54 Å². The Kier molecular flexibility index (Phi) is 3.58. The quantitative estimate of drug-likeness (QED) is 0.792. The van der Waals surface area contributed by atoms with Crippen LogP contribution in [0, 0.1) is 5.82 Å². The predicted octanol–water partition coefficient (Wildman–Crippen LogP) is 2.75. The summed E-state index contributed by atoms with van der Waals surface area (Å²) in [5.41, 5.74) is 4.34. The highest BCUT2D eigenvalue weighted by Gasteiger charge is 2.28. The van der Waals surface area contributed by atoms with Gasteiger partial charge in [-0.05, 0) is 24.1 Å². The van der Waals surface area contributed by atoms with Gasteiger partial charge in [0.25, 0.3) is 0 Å². The van der Waals surface area contributed by atoms with Crippen molar-refractivity contribution in [3.63, 3.8) is 0 Å². The molecule has 0 fully saturated rings. The minimum absolute atomic E-state index is 0.0630. The van der Waals surface area contributed by atoms with E-state index in [0.29, 0.717) is 18.4 Å². The zero-order valence-corrected chi connectivity index (χ0v) is 8.26. The first kappa shape index (κ1) is 11.1. The number of halogens is 2. The highest BCUT2D eigenvalue weighted by Crippen LogP contribution is 2.29. The molecule has 1 aromatic rings. The number of hydrogen-bond donors (Lipinski definition) is 1. The zero-order valence-electron chi connectivity index (χ0n) is 8.26. The molecule has 0 amide bonds. The summed E-state index contributed by atoms with van der Waals surface area (Å²) < 4.78 is 26.7. The van der Waals surface area contributed by atoms with Crippen LogP contribution in [0.3, 0.4) is 0 Å². The fourth-order valence-electron chi connectivity index (χ4n) is 1.51. The minimum Gasteiger partial charge on any atom is -0.327 e. The van der Waals surface area contributed by atoms with Crippen molar-refractivity contribution in [2.24, 2.45) is 5.73 Å². The molecule has 0 heterocycles. The van der Waals surface area contributed by atoms with Crippen molar-refractivity contribution in [1.82, 2.24) is 0 Å². The maximum atomic E-state index is 14.1. The van der Waals surface area contributed by atoms with Crippen LogP contribution in [0.2, 0.25) is 0 Å². The molecule has 1 nitrogen and oxygen atoms in total. The van der Waals surface area contributed by atoms with E-state index in [2.05, 4.69) is 0 Å². The Morgan fingerprint density at radius 3 is 2.29 bits per heavy atom. The monoisotopic (exact) mass is 199 g/mol. The first-order valence-corrected chi connectivity index (χ1v) is 4.77. The Balaban J connectivity index is 2.94. The van der Waals surface area contributed by atoms with Crippen molar-refractivity contribution in [1.29, 1.82) is 0 Å². The molecule has 1 rings (SSSR count). The van der Waals surface area contributed by atoms with Crippen molar-refractivity contribution in [3.05, 3.63) is 35.6 Å². The van der Waals surface area contributed by atoms with Gasteiger partial charge in [0, 0.05) is 6.54 Å². The molecule has 0 aliphatic heterocycles. The second-order valence-electron chi connectivity index (χ2n) is 3.43. The lowest BCUT2D eigenvalue weighted by atomic mass is 9.91. The summed E-state index contributed by atoms with van der Waals surface area (Å²) in [7, 11) is 0. The van der Waals surface area contributed by atoms with Gasteiger partial charge in [-0.2, -0.15) is 0 Å². The Bertz CT molecular complexity index is 284. The maximum Gasteiger partial charge on any atom is 0.148 e. The molecule has 78 valence electrons. The van der Waals surface area contributed by atoms with Gasteiger partial charge in [-0.3, -0.25) is 0 Å². The summed E-state index contributed by atoms with van der Waals surface area (Å²) in [6.07, 6.45) is 1.08. The second-order valence-corrected chi connectivity index (χ2v) is 3.43. The van der Waals surface area contributed by atoms with Crippen molar-refractivity contribution >= 4 is 0 Å². The summed E-state index contributed by atoms with van der Waals surface area (Å²) in [6, 6.07) is 5.43. The van der Waals surface area contributed by atoms with Crippen molar-refractivity contribution in [2.75, 3.05) is 6.54 Å². The molecule has 1 unspecified atom stereocenters. The Morgan fingerprint density at radius 2 is 1.86 bits per heavy atom. The van der Waals surface area contributed by atoms with Gasteiger partial charge in [-0.1, -0.05) is 25.5 Å². The number of hydrogen-bond acceptors (Lipinski definition) is 1. The number of alkyl halides is 1. The second kappa shape index (κ2) is 4.51. The van der Waals surface area contributed by atoms with Gasteiger partial charge in [0.15, 0.2) is 0 Å². The largest absolute Gasteiger partial charge is 0.327 e. The van der Waals surface area contributed by atoms with Crippen LogP contribution in [-0.2, 0) is 5.67 Å². The normalized spacial score (nSPS) is 15.1. The van der Waals surface area contributed by atoms with E-state index >= 15 is 0 Å². The third-order valence-corrected chi connectivity index (χ3v) is 2.33. The van der Waals surface area contributed by atoms with E-state index in [4.69, 9.17) is 5.73 Å². The lowest BCUT2D eigenvalue weighted by Gasteiger charge is -2.23. The first-order chi connectivity index (χ1) is 6.62. The molecule has 3 heteroatoms. The van der Waals surface area contributed by atoms with Crippen LogP contribution >= 0.6 is 0 Å². The van der Waals surface area contributed by atoms with Gasteiger partial charge in [0.1, 0.15) is 11.5 Å². The molecular formula is C11H15F2N. The van der Waals surface area contributed by atoms with Gasteiger partial charge < -0.3 is 5.73 Å². The summed E-state index contributed by atoms with van der Waals surface area (Å²) in [5.74, 6) is -0.357. The molecule has 1 aromatic carbocycles. The molecule has 0 bridgehead atoms. The SMILES string of the molecule is CCCC(F)(CN)c1ccc(F)cc1. The van der Waals surface area contributed by atoms with Gasteiger partial charge in [0.05, 0.1) is 0 Å². The number of rotatable bonds is 4. The predicted molar refractivity (Wildman–Crippen MR) is 53.1 cm³/mol. The molecule has 0 aliphatic rings. The topological polar surface area (TPSA) is 26.0 Å². The minimum atomic E-state index is -1.51. The number of benzene rings is 1. The smallest absolute Gasteiger partial charge is 0.148 e. The molecular weight excluding hydrogens is 184 g/mol. The van der Waals surface area contributed by atoms with Crippen LogP contribution in [0.5, 0.6) is 0 Å². The Morgan fingerprint density at radius 1 is 1.29 bits per heavy atom. The van der Waals surface area contributed by atoms with E-state index in [9.17, 15) is 8.78 Å². The van der Waals surface area contributed by atoms with Crippen molar-refractivity contribution in [2.45, 2.75) is 25.4 Å². The maximum absolute atomic E-state index is 14.1. The van der Waals surface area contributed by atoms with E-state index in [-0.39, 0.29) is 12.4 Å². The molecule has 0 radical (unpaired) electrons. The van der Waals surface area contributed by atoms with Gasteiger partial charge in [0.2, 0.25) is 0 Å². The van der Waals surface area contributed by atoms with Crippen LogP contribution in [0.25, 0.3) is 0 Å². The lowest BCUT2D eigenvalue weighted by molar-refractivity contribution is 0.159. The fourth-order valence-corrected chi connectivity index (χ4v) is 1.51. The summed E-state index contributed by atoms with van der Waals surface area (Å²) in [5, 5.41) is 0. The standard InChI is InChI=1S/C11H15F2N/c1-2-7-11(13,8-14)9-3-5-10(12)6-4-9/h3-6H,2,7-8,14H2,1H3. The van der Waals surface area contributed by atoms with Crippen LogP contribution < -0.4 is 5.73 Å². The van der Waals surface area contributed by atoms with Crippen molar-refractivity contribution in [3.8, 4) is 0 Å². The third-order valence-electron chi connectivity index (χ3n) is 2.33. The van der Waals surface area contributed by atoms with E-state index in [1.165, 1.54) is 24.3 Å². The van der Waals surface area contributed by atoms with E-state index in [0.717, 1.165) is 0 Å². The first-order valence-electron chi connectivity index (χ1n) is 4.77. The van der Waals surface area contributed by atoms with E-state index in [1.807, 2.05) is 6.92 Å². The average Bonchev–Trinajstić information content (AvgIpc) is 2.19. The highest BCUT2D eigenvalue weighted by molar-refractivity contribution is 5.23. The van der Waals surface area contributed by atoms with Gasteiger partial charge >= 0.3 is 0 Å². The van der Waals surface area contributed by atoms with Crippen LogP contribution in [0.1, 0.15) is 25.3 Å². The summed E-state index contributed by atoms with van der Waals surface area (Å²) >= 11 is 0. The fraction of sp³-hybridized carbons (Fsp3) is 0.455. The molecule has 0 aromatic heterocycles. The Hall–Kier alpha value is -0.960. The van der Waals surface area contributed by atoms with Gasteiger partial charge in [-0.15, -0.1) is 0 Å². The van der Waals surface area contributed by atoms with Crippen LogP contribution in [0.15, 0.2) is 24.3 Å². The summed E-state index contributed by atoms with van der Waals surface area (Å²) in [6.45, 7) is 1.83. The molecule has 14 heavy (non-hydrogen) atoms. The molecule has 0 spiro atoms. The zero-order chi connectivity index (χ0) is 10.6. The molecule has 0 saturated heterocycles. The average molecular weight is 199 g/mol. The lowest BCUT2D eigenvalue weighted by Crippen LogP contribution is -2.30. The summed E-state index contributed by atoms with van der Waals surface area (Å²) in [4.78, 5) is 0. The van der Waals surface area contributed by atoms with E-state index < -0.39 is 5.67 Å². The van der Waals surface area contributed by atoms with E-state index in [1.54, 1.807) is 0 Å². The van der Waals surface area contributed by atoms with Crippen molar-refractivity contribution < 1.29 is 8.78 Å².